The zero-order chi connectivity index (χ0) is 12.3. The number of thioether (sulfide) groups is 1. The Labute approximate surface area is 109 Å². The molecule has 2 aromatic rings. The van der Waals surface area contributed by atoms with Gasteiger partial charge in [-0.3, -0.25) is 4.57 Å². The van der Waals surface area contributed by atoms with Crippen LogP contribution in [0.2, 0.25) is 0 Å². The van der Waals surface area contributed by atoms with Crippen LogP contribution in [0.15, 0.2) is 22.7 Å². The lowest BCUT2D eigenvalue weighted by molar-refractivity contribution is 0.557. The van der Waals surface area contributed by atoms with Crippen LogP contribution in [0.5, 0.6) is 0 Å². The summed E-state index contributed by atoms with van der Waals surface area (Å²) in [7, 11) is 0. The Morgan fingerprint density at radius 1 is 1.47 bits per heavy atom. The first-order valence-electron chi connectivity index (χ1n) is 5.54. The van der Waals surface area contributed by atoms with E-state index in [1.807, 2.05) is 4.57 Å². The highest BCUT2D eigenvalue weighted by Crippen LogP contribution is 2.23. The molecule has 0 saturated carbocycles. The Morgan fingerprint density at radius 2 is 2.29 bits per heavy atom. The van der Waals surface area contributed by atoms with Gasteiger partial charge >= 0.3 is 0 Å². The lowest BCUT2D eigenvalue weighted by Crippen LogP contribution is -2.07. The first-order chi connectivity index (χ1) is 8.18. The van der Waals surface area contributed by atoms with Crippen molar-refractivity contribution in [2.24, 2.45) is 0 Å². The van der Waals surface area contributed by atoms with E-state index in [1.165, 1.54) is 4.88 Å². The molecular weight excluding hydrogens is 252 g/mol. The van der Waals surface area contributed by atoms with Gasteiger partial charge in [-0.1, -0.05) is 17.8 Å². The van der Waals surface area contributed by atoms with E-state index in [2.05, 4.69) is 41.6 Å². The minimum absolute atomic E-state index is 0.300. The van der Waals surface area contributed by atoms with Crippen LogP contribution in [-0.4, -0.2) is 20.5 Å². The highest BCUT2D eigenvalue weighted by Gasteiger charge is 2.12. The van der Waals surface area contributed by atoms with E-state index < -0.39 is 0 Å². The minimum atomic E-state index is 0.300. The van der Waals surface area contributed by atoms with Crippen molar-refractivity contribution in [2.75, 3.05) is 11.5 Å². The van der Waals surface area contributed by atoms with E-state index in [4.69, 9.17) is 5.73 Å². The molecule has 0 unspecified atom stereocenters. The number of thiophene rings is 1. The van der Waals surface area contributed by atoms with E-state index in [1.54, 1.807) is 23.1 Å². The average molecular weight is 268 g/mol. The number of nitrogens with two attached hydrogens (primary N) is 1. The Bertz CT molecular complexity index is 462. The van der Waals surface area contributed by atoms with Crippen LogP contribution < -0.4 is 5.73 Å². The number of hydrogen-bond donors (Lipinski definition) is 1. The zero-order valence-electron chi connectivity index (χ0n) is 9.96. The lowest BCUT2D eigenvalue weighted by Gasteiger charge is -2.10. The van der Waals surface area contributed by atoms with E-state index in [9.17, 15) is 0 Å². The van der Waals surface area contributed by atoms with Crippen molar-refractivity contribution >= 4 is 29.0 Å². The molecular formula is C11H16N4S2. The molecule has 2 aromatic heterocycles. The Morgan fingerprint density at radius 3 is 2.94 bits per heavy atom. The van der Waals surface area contributed by atoms with Crippen molar-refractivity contribution in [1.29, 1.82) is 0 Å². The van der Waals surface area contributed by atoms with Crippen molar-refractivity contribution < 1.29 is 0 Å². The van der Waals surface area contributed by atoms with Crippen LogP contribution in [0.25, 0.3) is 0 Å². The number of aryl methyl sites for hydroxylation is 1. The normalized spacial score (nSPS) is 11.2. The van der Waals surface area contributed by atoms with E-state index in [0.29, 0.717) is 12.0 Å². The molecule has 6 heteroatoms. The minimum Gasteiger partial charge on any atom is -0.368 e. The number of nitrogen functional groups attached to an aromatic ring is 1. The van der Waals surface area contributed by atoms with Crippen LogP contribution in [0, 0.1) is 0 Å². The summed E-state index contributed by atoms with van der Waals surface area (Å²) >= 11 is 3.50. The third-order valence-electron chi connectivity index (χ3n) is 2.37. The highest BCUT2D eigenvalue weighted by atomic mass is 32.2. The van der Waals surface area contributed by atoms with Gasteiger partial charge in [-0.2, -0.15) is 0 Å². The molecule has 0 amide bonds. The van der Waals surface area contributed by atoms with E-state index >= 15 is 0 Å². The van der Waals surface area contributed by atoms with E-state index in [-0.39, 0.29) is 0 Å². The molecule has 0 atom stereocenters. The summed E-state index contributed by atoms with van der Waals surface area (Å²) in [4.78, 5) is 1.40. The van der Waals surface area contributed by atoms with E-state index in [0.717, 1.165) is 17.3 Å². The number of aromatic nitrogens is 3. The maximum absolute atomic E-state index is 5.79. The van der Waals surface area contributed by atoms with Crippen LogP contribution in [0.1, 0.15) is 24.8 Å². The molecule has 2 heterocycles. The molecule has 2 N–H and O–H groups in total. The third-order valence-corrected chi connectivity index (χ3v) is 4.25. The van der Waals surface area contributed by atoms with Crippen molar-refractivity contribution in [3.8, 4) is 0 Å². The molecule has 0 bridgehead atoms. The molecule has 0 aromatic carbocycles. The first kappa shape index (κ1) is 12.4. The van der Waals surface area contributed by atoms with Gasteiger partial charge in [0.15, 0.2) is 5.16 Å². The summed E-state index contributed by atoms with van der Waals surface area (Å²) < 4.78 is 1.97. The third kappa shape index (κ3) is 3.01. The van der Waals surface area contributed by atoms with Gasteiger partial charge in [-0.05, 0) is 31.7 Å². The Balaban J connectivity index is 1.95. The topological polar surface area (TPSA) is 56.7 Å². The summed E-state index contributed by atoms with van der Waals surface area (Å²) in [6.07, 6.45) is 1.06. The summed E-state index contributed by atoms with van der Waals surface area (Å²) in [5.74, 6) is 1.50. The number of hydrogen-bond acceptors (Lipinski definition) is 5. The SMILES string of the molecule is CC(C)n1c(N)nnc1SCCc1cccs1. The van der Waals surface area contributed by atoms with Crippen molar-refractivity contribution in [3.63, 3.8) is 0 Å². The Kier molecular flexibility index (Phi) is 4.06. The fourth-order valence-corrected chi connectivity index (χ4v) is 3.45. The lowest BCUT2D eigenvalue weighted by atomic mass is 10.4. The molecule has 0 aliphatic carbocycles. The molecule has 17 heavy (non-hydrogen) atoms. The molecule has 92 valence electrons. The largest absolute Gasteiger partial charge is 0.368 e. The molecule has 2 rings (SSSR count). The fourth-order valence-electron chi connectivity index (χ4n) is 1.57. The molecule has 0 aliphatic heterocycles. The van der Waals surface area contributed by atoms with Gasteiger partial charge in [0.2, 0.25) is 5.95 Å². The van der Waals surface area contributed by atoms with Crippen molar-refractivity contribution in [3.05, 3.63) is 22.4 Å². The predicted molar refractivity (Wildman–Crippen MR) is 73.6 cm³/mol. The smallest absolute Gasteiger partial charge is 0.222 e. The van der Waals surface area contributed by atoms with Gasteiger partial charge in [-0.25, -0.2) is 0 Å². The predicted octanol–water partition coefficient (Wildman–Crippen LogP) is 2.84. The quantitative estimate of drug-likeness (QED) is 0.847. The number of rotatable bonds is 5. The van der Waals surface area contributed by atoms with Crippen molar-refractivity contribution in [2.45, 2.75) is 31.5 Å². The Hall–Kier alpha value is -1.01. The summed E-state index contributed by atoms with van der Waals surface area (Å²) in [6, 6.07) is 4.54. The second-order valence-electron chi connectivity index (χ2n) is 3.98. The summed E-state index contributed by atoms with van der Waals surface area (Å²) in [5.41, 5.74) is 5.79. The second kappa shape index (κ2) is 5.55. The maximum Gasteiger partial charge on any atom is 0.222 e. The zero-order valence-corrected chi connectivity index (χ0v) is 11.6. The monoisotopic (exact) mass is 268 g/mol. The van der Waals surface area contributed by atoms with Gasteiger partial charge in [0.05, 0.1) is 0 Å². The number of anilines is 1. The molecule has 0 radical (unpaired) electrons. The van der Waals surface area contributed by atoms with Crippen LogP contribution in [0.4, 0.5) is 5.95 Å². The van der Waals surface area contributed by atoms with Gasteiger partial charge < -0.3 is 5.73 Å². The van der Waals surface area contributed by atoms with Crippen LogP contribution in [-0.2, 0) is 6.42 Å². The van der Waals surface area contributed by atoms with Crippen molar-refractivity contribution in [1.82, 2.24) is 14.8 Å². The average Bonchev–Trinajstić information content (AvgIpc) is 2.88. The second-order valence-corrected chi connectivity index (χ2v) is 6.08. The van der Waals surface area contributed by atoms with Gasteiger partial charge in [0.1, 0.15) is 0 Å². The van der Waals surface area contributed by atoms with Gasteiger partial charge in [0.25, 0.3) is 0 Å². The van der Waals surface area contributed by atoms with Crippen LogP contribution in [0.3, 0.4) is 0 Å². The molecule has 4 nitrogen and oxygen atoms in total. The van der Waals surface area contributed by atoms with Gasteiger partial charge in [-0.15, -0.1) is 21.5 Å². The standard InChI is InChI=1S/C11H16N4S2/c1-8(2)15-10(12)13-14-11(15)17-7-5-9-4-3-6-16-9/h3-4,6,8H,5,7H2,1-2H3,(H2,12,13). The number of nitrogens with zero attached hydrogens (tertiary/aromatic N) is 3. The van der Waals surface area contributed by atoms with Crippen LogP contribution >= 0.6 is 23.1 Å². The molecule has 0 fully saturated rings. The molecule has 0 aliphatic rings. The molecule has 0 saturated heterocycles. The maximum atomic E-state index is 5.79. The van der Waals surface area contributed by atoms with Gasteiger partial charge in [0, 0.05) is 16.7 Å². The fraction of sp³-hybridized carbons (Fsp3) is 0.455. The highest BCUT2D eigenvalue weighted by molar-refractivity contribution is 7.99. The molecule has 0 spiro atoms. The summed E-state index contributed by atoms with van der Waals surface area (Å²) in [5, 5.41) is 11.1. The first-order valence-corrected chi connectivity index (χ1v) is 7.40. The summed E-state index contributed by atoms with van der Waals surface area (Å²) in [6.45, 7) is 4.17.